The number of hydrogen-bond acceptors (Lipinski definition) is 4. The molecular weight excluding hydrogens is 242 g/mol. The summed E-state index contributed by atoms with van der Waals surface area (Å²) in [6.45, 7) is 1.88. The molecule has 0 unspecified atom stereocenters. The molecule has 1 fully saturated rings. The van der Waals surface area contributed by atoms with E-state index in [1.54, 1.807) is 13.0 Å². The van der Waals surface area contributed by atoms with Crippen molar-refractivity contribution in [1.82, 2.24) is 10.2 Å². The average molecular weight is 257 g/mol. The Labute approximate surface area is 109 Å². The number of carbonyl (C=O) groups excluding carboxylic acids is 1. The number of fused-ring (bicyclic) bond motifs is 1. The van der Waals surface area contributed by atoms with Gasteiger partial charge in [0.25, 0.3) is 5.56 Å². The van der Waals surface area contributed by atoms with E-state index in [9.17, 15) is 9.59 Å². The zero-order chi connectivity index (χ0) is 13.6. The highest BCUT2D eigenvalue weighted by molar-refractivity contribution is 5.93. The number of nitrogens with zero attached hydrogens (tertiary/aromatic N) is 1. The molecule has 3 rings (SSSR count). The fraction of sp³-hybridized carbons (Fsp3) is 0.357. The fourth-order valence-corrected chi connectivity index (χ4v) is 2.64. The molecular formula is C14H15N3O2. The number of H-pyrrole nitrogens is 1. The third kappa shape index (κ3) is 1.69. The molecule has 0 aliphatic heterocycles. The van der Waals surface area contributed by atoms with E-state index in [2.05, 4.69) is 10.2 Å². The summed E-state index contributed by atoms with van der Waals surface area (Å²) in [6.07, 6.45) is 1.75. The van der Waals surface area contributed by atoms with Gasteiger partial charge in [0.2, 0.25) is 0 Å². The summed E-state index contributed by atoms with van der Waals surface area (Å²) < 4.78 is 0. The van der Waals surface area contributed by atoms with Gasteiger partial charge in [-0.05, 0) is 37.5 Å². The van der Waals surface area contributed by atoms with Gasteiger partial charge < -0.3 is 5.73 Å². The third-order valence-corrected chi connectivity index (χ3v) is 4.04. The normalized spacial score (nSPS) is 16.5. The monoisotopic (exact) mass is 257 g/mol. The van der Waals surface area contributed by atoms with E-state index >= 15 is 0 Å². The molecule has 3 N–H and O–H groups in total. The van der Waals surface area contributed by atoms with Crippen LogP contribution >= 0.6 is 0 Å². The van der Waals surface area contributed by atoms with Crippen LogP contribution in [-0.2, 0) is 16.8 Å². The van der Waals surface area contributed by atoms with Gasteiger partial charge in [-0.25, -0.2) is 5.10 Å². The van der Waals surface area contributed by atoms with Gasteiger partial charge in [0.1, 0.15) is 5.78 Å². The quantitative estimate of drug-likeness (QED) is 0.858. The topological polar surface area (TPSA) is 88.8 Å². The van der Waals surface area contributed by atoms with Gasteiger partial charge in [0, 0.05) is 11.9 Å². The highest BCUT2D eigenvalue weighted by Crippen LogP contribution is 2.49. The molecule has 19 heavy (non-hydrogen) atoms. The average Bonchev–Trinajstić information content (AvgIpc) is 3.20. The molecule has 5 nitrogen and oxygen atoms in total. The summed E-state index contributed by atoms with van der Waals surface area (Å²) in [6, 6.07) is 5.52. The summed E-state index contributed by atoms with van der Waals surface area (Å²) in [7, 11) is 0. The highest BCUT2D eigenvalue weighted by Gasteiger charge is 2.48. The number of nitrogens with one attached hydrogen (secondary N) is 1. The van der Waals surface area contributed by atoms with Gasteiger partial charge in [0.05, 0.1) is 16.5 Å². The maximum absolute atomic E-state index is 11.8. The number of Topliss-reactive ketones (excluding diaryl/α,β-unsaturated/α-hetero) is 1. The minimum Gasteiger partial charge on any atom is -0.325 e. The van der Waals surface area contributed by atoms with Crippen LogP contribution in [0, 0.1) is 0 Å². The molecule has 2 aromatic rings. The van der Waals surface area contributed by atoms with E-state index in [1.165, 1.54) is 0 Å². The summed E-state index contributed by atoms with van der Waals surface area (Å²) in [5.74, 6) is 0.180. The number of aromatic nitrogens is 2. The standard InChI is InChI=1S/C14H15N3O2/c1-8(18)14(4-5-14)9-2-3-10-11(6-9)12(7-15)16-17-13(10)19/h2-3,6H,4-5,7,15H2,1H3,(H,17,19). The zero-order valence-electron chi connectivity index (χ0n) is 10.7. The Morgan fingerprint density at radius 1 is 1.42 bits per heavy atom. The Morgan fingerprint density at radius 2 is 2.16 bits per heavy atom. The van der Waals surface area contributed by atoms with E-state index in [1.807, 2.05) is 12.1 Å². The Hall–Kier alpha value is -2.01. The molecule has 0 radical (unpaired) electrons. The molecule has 98 valence electrons. The van der Waals surface area contributed by atoms with Crippen molar-refractivity contribution in [3.63, 3.8) is 0 Å². The predicted octanol–water partition coefficient (Wildman–Crippen LogP) is 1.00. The van der Waals surface area contributed by atoms with Crippen molar-refractivity contribution in [2.24, 2.45) is 5.73 Å². The maximum Gasteiger partial charge on any atom is 0.272 e. The zero-order valence-corrected chi connectivity index (χ0v) is 10.7. The number of rotatable bonds is 3. The Kier molecular flexibility index (Phi) is 2.53. The molecule has 0 atom stereocenters. The largest absolute Gasteiger partial charge is 0.325 e. The van der Waals surface area contributed by atoms with Crippen molar-refractivity contribution in [1.29, 1.82) is 0 Å². The van der Waals surface area contributed by atoms with Crippen LogP contribution in [0.1, 0.15) is 31.0 Å². The van der Waals surface area contributed by atoms with Crippen LogP contribution in [0.25, 0.3) is 10.8 Å². The lowest BCUT2D eigenvalue weighted by Gasteiger charge is -2.13. The predicted molar refractivity (Wildman–Crippen MR) is 71.8 cm³/mol. The lowest BCUT2D eigenvalue weighted by atomic mass is 9.90. The van der Waals surface area contributed by atoms with E-state index in [-0.39, 0.29) is 23.3 Å². The van der Waals surface area contributed by atoms with Crippen LogP contribution < -0.4 is 11.3 Å². The number of benzene rings is 1. The van der Waals surface area contributed by atoms with Gasteiger partial charge in [-0.3, -0.25) is 9.59 Å². The minimum absolute atomic E-state index is 0.180. The van der Waals surface area contributed by atoms with Crippen molar-refractivity contribution < 1.29 is 4.79 Å². The molecule has 0 saturated heterocycles. The molecule has 1 heterocycles. The van der Waals surface area contributed by atoms with Crippen LogP contribution in [0.3, 0.4) is 0 Å². The lowest BCUT2D eigenvalue weighted by molar-refractivity contribution is -0.119. The molecule has 1 aliphatic rings. The summed E-state index contributed by atoms with van der Waals surface area (Å²) >= 11 is 0. The van der Waals surface area contributed by atoms with Crippen LogP contribution in [0.4, 0.5) is 0 Å². The second-order valence-corrected chi connectivity index (χ2v) is 5.10. The molecule has 5 heteroatoms. The summed E-state index contributed by atoms with van der Waals surface area (Å²) in [5.41, 5.74) is 6.69. The molecule has 1 aliphatic carbocycles. The molecule has 1 aromatic carbocycles. The van der Waals surface area contributed by atoms with Crippen molar-refractivity contribution in [2.75, 3.05) is 0 Å². The van der Waals surface area contributed by atoms with Crippen LogP contribution in [0.15, 0.2) is 23.0 Å². The smallest absolute Gasteiger partial charge is 0.272 e. The van der Waals surface area contributed by atoms with E-state index < -0.39 is 0 Å². The maximum atomic E-state index is 11.8. The van der Waals surface area contributed by atoms with Crippen molar-refractivity contribution in [3.05, 3.63) is 39.8 Å². The second kappa shape index (κ2) is 3.99. The van der Waals surface area contributed by atoms with Gasteiger partial charge in [-0.1, -0.05) is 6.07 Å². The van der Waals surface area contributed by atoms with Crippen molar-refractivity contribution in [2.45, 2.75) is 31.7 Å². The molecule has 0 bridgehead atoms. The number of nitrogens with two attached hydrogens (primary N) is 1. The van der Waals surface area contributed by atoms with Gasteiger partial charge in [0.15, 0.2) is 0 Å². The lowest BCUT2D eigenvalue weighted by Crippen LogP contribution is -2.18. The number of ketones is 1. The van der Waals surface area contributed by atoms with Gasteiger partial charge in [-0.15, -0.1) is 0 Å². The number of aromatic amines is 1. The summed E-state index contributed by atoms with van der Waals surface area (Å²) in [4.78, 5) is 23.5. The number of carbonyl (C=O) groups is 1. The SMILES string of the molecule is CC(=O)C1(c2ccc3c(=O)[nH]nc(CN)c3c2)CC1. The first kappa shape index (κ1) is 12.0. The second-order valence-electron chi connectivity index (χ2n) is 5.10. The van der Waals surface area contributed by atoms with E-state index in [0.29, 0.717) is 11.1 Å². The third-order valence-electron chi connectivity index (χ3n) is 4.04. The highest BCUT2D eigenvalue weighted by atomic mass is 16.1. The van der Waals surface area contributed by atoms with Crippen LogP contribution in [0.2, 0.25) is 0 Å². The van der Waals surface area contributed by atoms with E-state index in [4.69, 9.17) is 5.73 Å². The molecule has 0 spiro atoms. The molecule has 1 aromatic heterocycles. The van der Waals surface area contributed by atoms with Gasteiger partial charge >= 0.3 is 0 Å². The molecule has 1 saturated carbocycles. The Bertz CT molecular complexity index is 729. The Morgan fingerprint density at radius 3 is 2.74 bits per heavy atom. The van der Waals surface area contributed by atoms with Gasteiger partial charge in [-0.2, -0.15) is 5.10 Å². The van der Waals surface area contributed by atoms with Crippen molar-refractivity contribution in [3.8, 4) is 0 Å². The molecule has 0 amide bonds. The first-order valence-corrected chi connectivity index (χ1v) is 6.31. The Balaban J connectivity index is 2.26. The first-order valence-electron chi connectivity index (χ1n) is 6.31. The summed E-state index contributed by atoms with van der Waals surface area (Å²) in [5, 5.41) is 7.72. The van der Waals surface area contributed by atoms with Crippen molar-refractivity contribution >= 4 is 16.6 Å². The van der Waals surface area contributed by atoms with Crippen LogP contribution in [0.5, 0.6) is 0 Å². The number of hydrogen-bond donors (Lipinski definition) is 2. The fourth-order valence-electron chi connectivity index (χ4n) is 2.64. The van der Waals surface area contributed by atoms with E-state index in [0.717, 1.165) is 23.8 Å². The van der Waals surface area contributed by atoms with Crippen LogP contribution in [-0.4, -0.2) is 16.0 Å². The minimum atomic E-state index is -0.345. The first-order chi connectivity index (χ1) is 9.08.